The lowest BCUT2D eigenvalue weighted by molar-refractivity contribution is 0.510. The number of aromatic nitrogens is 5. The number of hydrogen-bond acceptors (Lipinski definition) is 8. The van der Waals surface area contributed by atoms with E-state index in [9.17, 15) is 0 Å². The molecule has 0 radical (unpaired) electrons. The number of nitrogens with zero attached hydrogens (tertiary/aromatic N) is 5. The van der Waals surface area contributed by atoms with Gasteiger partial charge in [0.05, 0.1) is 22.0 Å². The van der Waals surface area contributed by atoms with E-state index in [2.05, 4.69) is 20.4 Å². The van der Waals surface area contributed by atoms with Gasteiger partial charge in [-0.15, -0.1) is 31.7 Å². The molecule has 7 nitrogen and oxygen atoms in total. The first kappa shape index (κ1) is 18.8. The Bertz CT molecular complexity index is 1260. The minimum atomic E-state index is -0.101. The van der Waals surface area contributed by atoms with E-state index < -0.39 is 0 Å². The van der Waals surface area contributed by atoms with Crippen LogP contribution in [0.1, 0.15) is 23.8 Å². The summed E-state index contributed by atoms with van der Waals surface area (Å²) in [5.41, 5.74) is 1.88. The minimum absolute atomic E-state index is 0.101. The van der Waals surface area contributed by atoms with Gasteiger partial charge in [-0.2, -0.15) is 0 Å². The summed E-state index contributed by atoms with van der Waals surface area (Å²) in [4.78, 5) is 0.955. The van der Waals surface area contributed by atoms with Gasteiger partial charge in [0.15, 0.2) is 11.0 Å². The summed E-state index contributed by atoms with van der Waals surface area (Å²) >= 11 is 3.09. The van der Waals surface area contributed by atoms with Crippen molar-refractivity contribution in [2.24, 2.45) is 0 Å². The van der Waals surface area contributed by atoms with Crippen LogP contribution < -0.4 is 0 Å². The number of furan rings is 1. The summed E-state index contributed by atoms with van der Waals surface area (Å²) in [5, 5.41) is 20.0. The second-order valence-electron chi connectivity index (χ2n) is 6.55. The van der Waals surface area contributed by atoms with E-state index in [-0.39, 0.29) is 5.25 Å². The van der Waals surface area contributed by atoms with Gasteiger partial charge in [-0.25, -0.2) is 0 Å². The molecule has 0 saturated heterocycles. The van der Waals surface area contributed by atoms with Gasteiger partial charge >= 0.3 is 0 Å². The Morgan fingerprint density at radius 2 is 1.87 bits per heavy atom. The maximum atomic E-state index is 5.90. The molecule has 4 heterocycles. The molecular formula is C21H17N5O2S2. The fourth-order valence-electron chi connectivity index (χ4n) is 3.05. The largest absolute Gasteiger partial charge is 0.469 e. The highest BCUT2D eigenvalue weighted by molar-refractivity contribution is 7.99. The van der Waals surface area contributed by atoms with E-state index in [0.29, 0.717) is 11.8 Å². The van der Waals surface area contributed by atoms with Gasteiger partial charge in [0.25, 0.3) is 5.89 Å². The Morgan fingerprint density at radius 1 is 1.00 bits per heavy atom. The van der Waals surface area contributed by atoms with Crippen molar-refractivity contribution >= 4 is 23.1 Å². The number of thioether (sulfide) groups is 1. The number of hydrogen-bond donors (Lipinski definition) is 0. The Kier molecular flexibility index (Phi) is 4.97. The molecule has 0 bridgehead atoms. The average molecular weight is 436 g/mol. The van der Waals surface area contributed by atoms with Crippen molar-refractivity contribution in [1.82, 2.24) is 25.0 Å². The summed E-state index contributed by atoms with van der Waals surface area (Å²) in [6, 6.07) is 15.8. The molecular weight excluding hydrogens is 418 g/mol. The molecule has 0 fully saturated rings. The molecule has 5 rings (SSSR count). The van der Waals surface area contributed by atoms with Crippen molar-refractivity contribution in [1.29, 1.82) is 0 Å². The van der Waals surface area contributed by atoms with Gasteiger partial charge in [-0.05, 0) is 43.5 Å². The lowest BCUT2D eigenvalue weighted by atomic mass is 10.2. The lowest BCUT2D eigenvalue weighted by Crippen LogP contribution is -2.01. The Hall–Kier alpha value is -3.17. The molecule has 1 aromatic carbocycles. The van der Waals surface area contributed by atoms with E-state index >= 15 is 0 Å². The molecule has 0 saturated carbocycles. The third-order valence-corrected chi connectivity index (χ3v) is 6.44. The highest BCUT2D eigenvalue weighted by atomic mass is 32.2. The van der Waals surface area contributed by atoms with Crippen molar-refractivity contribution in [3.05, 3.63) is 71.8 Å². The first-order valence-electron chi connectivity index (χ1n) is 9.30. The molecule has 150 valence electrons. The minimum Gasteiger partial charge on any atom is -0.469 e. The van der Waals surface area contributed by atoms with Crippen molar-refractivity contribution in [3.63, 3.8) is 0 Å². The number of rotatable bonds is 6. The van der Waals surface area contributed by atoms with Crippen molar-refractivity contribution in [2.45, 2.75) is 24.3 Å². The van der Waals surface area contributed by atoms with Crippen LogP contribution in [0.15, 0.2) is 74.2 Å². The fourth-order valence-corrected chi connectivity index (χ4v) is 4.60. The molecule has 9 heteroatoms. The van der Waals surface area contributed by atoms with Gasteiger partial charge in [0, 0.05) is 5.69 Å². The molecule has 0 aliphatic rings. The Morgan fingerprint density at radius 3 is 2.60 bits per heavy atom. The van der Waals surface area contributed by atoms with Crippen LogP contribution in [0, 0.1) is 6.92 Å². The van der Waals surface area contributed by atoms with Crippen LogP contribution in [-0.2, 0) is 0 Å². The molecule has 5 aromatic rings. The Balaban J connectivity index is 1.50. The van der Waals surface area contributed by atoms with E-state index in [1.807, 2.05) is 72.3 Å². The molecule has 0 N–H and O–H groups in total. The second kappa shape index (κ2) is 7.92. The van der Waals surface area contributed by atoms with Crippen LogP contribution in [0.4, 0.5) is 0 Å². The third kappa shape index (κ3) is 3.46. The molecule has 0 aliphatic carbocycles. The molecule has 30 heavy (non-hydrogen) atoms. The molecule has 4 aromatic heterocycles. The van der Waals surface area contributed by atoms with Crippen LogP contribution in [0.25, 0.3) is 27.8 Å². The molecule has 0 unspecified atom stereocenters. The van der Waals surface area contributed by atoms with Gasteiger partial charge < -0.3 is 8.83 Å². The topological polar surface area (TPSA) is 82.8 Å². The number of para-hydroxylation sites is 1. The highest BCUT2D eigenvalue weighted by Crippen LogP contribution is 2.38. The summed E-state index contributed by atoms with van der Waals surface area (Å²) in [5.74, 6) is 2.60. The normalized spacial score (nSPS) is 12.3. The zero-order valence-corrected chi connectivity index (χ0v) is 17.9. The molecule has 0 spiro atoms. The summed E-state index contributed by atoms with van der Waals surface area (Å²) in [6.07, 6.45) is 1.66. The quantitative estimate of drug-likeness (QED) is 0.312. The molecule has 0 aliphatic heterocycles. The van der Waals surface area contributed by atoms with Crippen LogP contribution in [0.5, 0.6) is 0 Å². The highest BCUT2D eigenvalue weighted by Gasteiger charge is 2.23. The number of benzene rings is 1. The predicted molar refractivity (Wildman–Crippen MR) is 116 cm³/mol. The van der Waals surface area contributed by atoms with Gasteiger partial charge in [0.2, 0.25) is 5.89 Å². The van der Waals surface area contributed by atoms with E-state index in [1.165, 1.54) is 11.8 Å². The maximum absolute atomic E-state index is 5.90. The van der Waals surface area contributed by atoms with Crippen LogP contribution in [0.3, 0.4) is 0 Å². The SMILES string of the molecule is Cc1occc1-c1nnc(S[C@@H](C)c2nnc(-c3cccs3)o2)n1-c1ccccc1. The smallest absolute Gasteiger partial charge is 0.257 e. The average Bonchev–Trinajstić information content (AvgIpc) is 3.55. The van der Waals surface area contributed by atoms with Crippen molar-refractivity contribution in [3.8, 4) is 27.8 Å². The van der Waals surface area contributed by atoms with Crippen LogP contribution in [0.2, 0.25) is 0 Å². The first-order valence-corrected chi connectivity index (χ1v) is 11.1. The van der Waals surface area contributed by atoms with E-state index in [0.717, 1.165) is 32.9 Å². The van der Waals surface area contributed by atoms with Gasteiger partial charge in [-0.3, -0.25) is 4.57 Å². The number of thiophene rings is 1. The monoisotopic (exact) mass is 435 g/mol. The summed E-state index contributed by atoms with van der Waals surface area (Å²) < 4.78 is 13.4. The zero-order valence-electron chi connectivity index (χ0n) is 16.2. The molecule has 0 amide bonds. The van der Waals surface area contributed by atoms with E-state index in [4.69, 9.17) is 8.83 Å². The van der Waals surface area contributed by atoms with Crippen LogP contribution in [-0.4, -0.2) is 25.0 Å². The van der Waals surface area contributed by atoms with E-state index in [1.54, 1.807) is 17.6 Å². The summed E-state index contributed by atoms with van der Waals surface area (Å²) in [6.45, 7) is 3.93. The van der Waals surface area contributed by atoms with Crippen LogP contribution >= 0.6 is 23.1 Å². The zero-order chi connectivity index (χ0) is 20.5. The number of aryl methyl sites for hydroxylation is 1. The van der Waals surface area contributed by atoms with Crippen molar-refractivity contribution < 1.29 is 8.83 Å². The molecule has 1 atom stereocenters. The second-order valence-corrected chi connectivity index (χ2v) is 8.81. The standard InChI is InChI=1S/C21H17N5O2S2/c1-13-16(10-11-27-13)18-22-25-21(26(18)15-7-4-3-5-8-15)30-14(2)19-23-24-20(28-19)17-9-6-12-29-17/h3-12,14H,1-2H3/t14-/m0/s1. The fraction of sp³-hybridized carbons (Fsp3) is 0.143. The van der Waals surface area contributed by atoms with Gasteiger partial charge in [-0.1, -0.05) is 36.0 Å². The lowest BCUT2D eigenvalue weighted by Gasteiger charge is -2.11. The van der Waals surface area contributed by atoms with Gasteiger partial charge in [0.1, 0.15) is 5.76 Å². The maximum Gasteiger partial charge on any atom is 0.257 e. The Labute approximate surface area is 180 Å². The predicted octanol–water partition coefficient (Wildman–Crippen LogP) is 5.80. The third-order valence-electron chi connectivity index (χ3n) is 4.55. The first-order chi connectivity index (χ1) is 14.7. The van der Waals surface area contributed by atoms with Crippen molar-refractivity contribution in [2.75, 3.05) is 0 Å². The summed E-state index contributed by atoms with van der Waals surface area (Å²) in [7, 11) is 0.